The van der Waals surface area contributed by atoms with Gasteiger partial charge in [0, 0.05) is 16.8 Å². The van der Waals surface area contributed by atoms with Gasteiger partial charge in [-0.2, -0.15) is 29.9 Å². The molecule has 7 rings (SSSR count). The Morgan fingerprint density at radius 3 is 2.12 bits per heavy atom. The number of phenolic OH excluding ortho intramolecular Hbond substituents is 1. The van der Waals surface area contributed by atoms with E-state index in [1.807, 2.05) is 0 Å². The Labute approximate surface area is 376 Å². The topological polar surface area (TPSA) is 364 Å². The molecule has 24 nitrogen and oxygen atoms in total. The van der Waals surface area contributed by atoms with Gasteiger partial charge in [0.1, 0.15) is 27.7 Å². The maximum atomic E-state index is 12.8. The van der Waals surface area contributed by atoms with E-state index in [1.54, 1.807) is 25.1 Å². The zero-order chi connectivity index (χ0) is 47.6. The number of phenols is 1. The third kappa shape index (κ3) is 10.5. The van der Waals surface area contributed by atoms with Crippen LogP contribution in [0.25, 0.3) is 26.7 Å². The van der Waals surface area contributed by atoms with Gasteiger partial charge >= 0.3 is 0 Å². The molecule has 0 atom stereocenters. The van der Waals surface area contributed by atoms with Gasteiger partial charge in [0.15, 0.2) is 5.75 Å². The standard InChI is InChI=1S/C38H31N9O15S4/c1-20-15-30(31(61-13-2-14-64(52,53)54)17-29(20)42-45-38-39-26-10-3-21(18-48)16-32(26)63-38)43-40-27-11-9-25-24(34(27)50)8-12-28(35(25)66(58,59)60)41-44-33-36(62-19-49)46-47(37(33)51)22-4-6-23(7-5-22)65(55,56)57/h3-12,15-17,19,48,50-51H,2,13-14,18H2,1H3,(H,52,53,54)(H,55,56,57)(H,58,59,60). The molecule has 0 spiro atoms. The van der Waals surface area contributed by atoms with E-state index in [4.69, 9.17) is 9.47 Å². The van der Waals surface area contributed by atoms with Crippen LogP contribution < -0.4 is 9.47 Å². The van der Waals surface area contributed by atoms with Gasteiger partial charge in [-0.1, -0.05) is 23.5 Å². The van der Waals surface area contributed by atoms with Gasteiger partial charge in [0.05, 0.1) is 45.5 Å². The van der Waals surface area contributed by atoms with E-state index in [-0.39, 0.29) is 59.7 Å². The number of carbonyl (C=O) groups is 1. The average molecular weight is 982 g/mol. The van der Waals surface area contributed by atoms with E-state index in [0.717, 1.165) is 39.7 Å². The van der Waals surface area contributed by atoms with Crippen molar-refractivity contribution in [3.8, 4) is 28.9 Å². The first-order valence-corrected chi connectivity index (χ1v) is 23.8. The molecule has 0 aliphatic carbocycles. The van der Waals surface area contributed by atoms with Crippen molar-refractivity contribution >= 4 is 103 Å². The van der Waals surface area contributed by atoms with Crippen molar-refractivity contribution in [3.63, 3.8) is 0 Å². The average Bonchev–Trinajstić information content (AvgIpc) is 3.81. The van der Waals surface area contributed by atoms with Gasteiger partial charge < -0.3 is 24.8 Å². The highest BCUT2D eigenvalue weighted by atomic mass is 32.2. The van der Waals surface area contributed by atoms with Crippen molar-refractivity contribution in [2.45, 2.75) is 29.7 Å². The van der Waals surface area contributed by atoms with E-state index < -0.39 is 74.8 Å². The maximum Gasteiger partial charge on any atom is 0.299 e. The number of aryl methyl sites for hydroxylation is 1. The second-order valence-corrected chi connectivity index (χ2v) is 19.0. The predicted molar refractivity (Wildman–Crippen MR) is 233 cm³/mol. The Morgan fingerprint density at radius 1 is 0.758 bits per heavy atom. The lowest BCUT2D eigenvalue weighted by atomic mass is 10.1. The molecule has 0 bridgehead atoms. The highest BCUT2D eigenvalue weighted by molar-refractivity contribution is 7.86. The molecule has 66 heavy (non-hydrogen) atoms. The first-order valence-electron chi connectivity index (χ1n) is 18.5. The minimum Gasteiger partial charge on any atom is -0.505 e. The fourth-order valence-corrected chi connectivity index (χ4v) is 8.74. The summed E-state index contributed by atoms with van der Waals surface area (Å²) in [5, 5.41) is 60.1. The molecule has 0 saturated carbocycles. The number of benzene rings is 5. The van der Waals surface area contributed by atoms with Gasteiger partial charge in [-0.15, -0.1) is 35.8 Å². The summed E-state index contributed by atoms with van der Waals surface area (Å²) in [4.78, 5) is 14.3. The minimum absolute atomic E-state index is 0.00104. The van der Waals surface area contributed by atoms with E-state index >= 15 is 0 Å². The SMILES string of the molecule is Cc1cc(N=Nc2ccc3c(S(=O)(=O)O)c(N=Nc4c(OC=O)nn(-c5ccc(S(=O)(=O)O)cc5)c4O)ccc3c2O)c(OCCCS(=O)(=O)O)cc1N=Nc1nc2ccc(CO)cc2s1. The van der Waals surface area contributed by atoms with Gasteiger partial charge in [-0.05, 0) is 85.1 Å². The zero-order valence-corrected chi connectivity index (χ0v) is 36.7. The molecule has 7 aromatic rings. The Morgan fingerprint density at radius 2 is 1.44 bits per heavy atom. The summed E-state index contributed by atoms with van der Waals surface area (Å²) in [6, 6.07) is 17.1. The van der Waals surface area contributed by atoms with Crippen molar-refractivity contribution in [2.24, 2.45) is 30.7 Å². The molecule has 0 radical (unpaired) electrons. The lowest BCUT2D eigenvalue weighted by Crippen LogP contribution is -2.08. The van der Waals surface area contributed by atoms with Crippen molar-refractivity contribution < 1.29 is 68.5 Å². The number of hydrogen-bond acceptors (Lipinski definition) is 21. The summed E-state index contributed by atoms with van der Waals surface area (Å²) in [6.07, 6.45) is -0.111. The van der Waals surface area contributed by atoms with E-state index in [2.05, 4.69) is 40.8 Å². The molecule has 0 unspecified atom stereocenters. The molecular formula is C38H31N9O15S4. The predicted octanol–water partition coefficient (Wildman–Crippen LogP) is 7.78. The number of carbonyl (C=O) groups excluding carboxylic acids is 1. The van der Waals surface area contributed by atoms with Crippen LogP contribution in [0.15, 0.2) is 119 Å². The summed E-state index contributed by atoms with van der Waals surface area (Å²) in [7, 11) is -14.0. The molecule has 0 amide bonds. The summed E-state index contributed by atoms with van der Waals surface area (Å²) in [5.74, 6) is -2.61. The van der Waals surface area contributed by atoms with Crippen molar-refractivity contribution in [1.82, 2.24) is 14.8 Å². The smallest absolute Gasteiger partial charge is 0.299 e. The van der Waals surface area contributed by atoms with Gasteiger partial charge in [0.2, 0.25) is 16.7 Å². The highest BCUT2D eigenvalue weighted by Crippen LogP contribution is 2.45. The third-order valence-corrected chi connectivity index (χ3v) is 12.7. The molecule has 28 heteroatoms. The molecule has 0 fully saturated rings. The zero-order valence-electron chi connectivity index (χ0n) is 33.4. The number of azo groups is 3. The first kappa shape index (κ1) is 46.8. The number of ether oxygens (including phenoxy) is 2. The van der Waals surface area contributed by atoms with Crippen LogP contribution in [-0.4, -0.2) is 87.8 Å². The molecule has 2 heterocycles. The van der Waals surface area contributed by atoms with E-state index in [0.29, 0.717) is 27.5 Å². The Balaban J connectivity index is 1.21. The number of nitrogens with zero attached hydrogens (tertiary/aromatic N) is 9. The number of thiazole rings is 1. The Kier molecular flexibility index (Phi) is 13.3. The quantitative estimate of drug-likeness (QED) is 0.0219. The second-order valence-electron chi connectivity index (χ2n) is 13.6. The van der Waals surface area contributed by atoms with Gasteiger partial charge in [-0.3, -0.25) is 18.5 Å². The van der Waals surface area contributed by atoms with Gasteiger partial charge in [0.25, 0.3) is 42.7 Å². The number of aromatic hydroxyl groups is 2. The minimum atomic E-state index is -5.16. The van der Waals surface area contributed by atoms with Crippen LogP contribution in [0.2, 0.25) is 0 Å². The molecule has 0 saturated heterocycles. The molecule has 2 aromatic heterocycles. The van der Waals surface area contributed by atoms with Crippen LogP contribution in [0.3, 0.4) is 0 Å². The largest absolute Gasteiger partial charge is 0.505 e. The number of fused-ring (bicyclic) bond motifs is 2. The molecule has 0 aliphatic heterocycles. The lowest BCUT2D eigenvalue weighted by Gasteiger charge is -2.11. The molecule has 0 aliphatic rings. The fraction of sp³-hybridized carbons (Fsp3) is 0.132. The maximum absolute atomic E-state index is 12.8. The Bertz CT molecular complexity index is 3480. The van der Waals surface area contributed by atoms with E-state index in [1.165, 1.54) is 41.7 Å². The third-order valence-electron chi connectivity index (χ3n) is 9.16. The summed E-state index contributed by atoms with van der Waals surface area (Å²) in [5.41, 5.74) is 0.902. The van der Waals surface area contributed by atoms with E-state index in [9.17, 15) is 59.0 Å². The lowest BCUT2D eigenvalue weighted by molar-refractivity contribution is -0.120. The molecular weight excluding hydrogens is 951 g/mol. The molecule has 342 valence electrons. The highest BCUT2D eigenvalue weighted by Gasteiger charge is 2.25. The summed E-state index contributed by atoms with van der Waals surface area (Å²) >= 11 is 1.24. The number of aromatic nitrogens is 3. The summed E-state index contributed by atoms with van der Waals surface area (Å²) in [6.45, 7) is 1.27. The number of hydrogen-bond donors (Lipinski definition) is 6. The molecule has 5 aromatic carbocycles. The van der Waals surface area contributed by atoms with Crippen molar-refractivity contribution in [3.05, 3.63) is 90.0 Å². The van der Waals surface area contributed by atoms with Crippen LogP contribution in [0.1, 0.15) is 17.5 Å². The van der Waals surface area contributed by atoms with Crippen molar-refractivity contribution in [2.75, 3.05) is 12.4 Å². The van der Waals surface area contributed by atoms with Crippen LogP contribution in [-0.2, 0) is 41.8 Å². The van der Waals surface area contributed by atoms with Crippen LogP contribution in [0.4, 0.5) is 33.6 Å². The number of rotatable bonds is 17. The monoisotopic (exact) mass is 981 g/mol. The number of aliphatic hydroxyl groups excluding tert-OH is 1. The van der Waals surface area contributed by atoms with Crippen LogP contribution in [0.5, 0.6) is 23.3 Å². The normalized spacial score (nSPS) is 12.6. The summed E-state index contributed by atoms with van der Waals surface area (Å²) < 4.78 is 112. The van der Waals surface area contributed by atoms with Crippen molar-refractivity contribution in [1.29, 1.82) is 0 Å². The van der Waals surface area contributed by atoms with Crippen LogP contribution in [0, 0.1) is 6.92 Å². The Hall–Kier alpha value is -7.18. The fourth-order valence-electron chi connectivity index (χ4n) is 6.10. The van der Waals surface area contributed by atoms with Crippen LogP contribution >= 0.6 is 11.3 Å². The number of aliphatic hydroxyl groups is 1. The van der Waals surface area contributed by atoms with Gasteiger partial charge in [-0.25, -0.2) is 4.98 Å². The first-order chi connectivity index (χ1) is 31.2. The second kappa shape index (κ2) is 18.7. The molecule has 6 N–H and O–H groups in total.